The monoisotopic (exact) mass is 419 g/mol. The van der Waals surface area contributed by atoms with Gasteiger partial charge < -0.3 is 25.3 Å². The van der Waals surface area contributed by atoms with E-state index in [-0.39, 0.29) is 5.95 Å². The number of aldehydes is 1. The largest absolute Gasteiger partial charge is 0.468 e. The molecule has 1 saturated heterocycles. The number of piperazine rings is 1. The van der Waals surface area contributed by atoms with Gasteiger partial charge in [0, 0.05) is 31.2 Å². The maximum absolute atomic E-state index is 11.6. The van der Waals surface area contributed by atoms with E-state index in [1.54, 1.807) is 24.3 Å². The van der Waals surface area contributed by atoms with Gasteiger partial charge in [0.05, 0.1) is 0 Å². The predicted molar refractivity (Wildman–Crippen MR) is 109 cm³/mol. The molecule has 1 unspecified atom stereocenters. The van der Waals surface area contributed by atoms with Crippen LogP contribution in [0.5, 0.6) is 5.75 Å². The third-order valence-corrected chi connectivity index (χ3v) is 4.99. The lowest BCUT2D eigenvalue weighted by Crippen LogP contribution is -2.53. The van der Waals surface area contributed by atoms with Crippen LogP contribution in [0.1, 0.15) is 0 Å². The van der Waals surface area contributed by atoms with Crippen LogP contribution in [-0.2, 0) is 4.79 Å². The number of fused-ring (bicyclic) bond motifs is 1. The van der Waals surface area contributed by atoms with Crippen LogP contribution in [0.25, 0.3) is 11.2 Å². The van der Waals surface area contributed by atoms with Gasteiger partial charge in [-0.25, -0.2) is 0 Å². The summed E-state index contributed by atoms with van der Waals surface area (Å²) in [4.78, 5) is 30.2. The van der Waals surface area contributed by atoms with Crippen molar-refractivity contribution in [3.8, 4) is 5.75 Å². The Morgan fingerprint density at radius 2 is 1.89 bits per heavy atom. The first kappa shape index (κ1) is 18.7. The van der Waals surface area contributed by atoms with E-state index in [1.165, 1.54) is 0 Å². The normalized spacial score (nSPS) is 16.2. The SMILES string of the molecule is Nc1nc(N2CCN(C(C=O)Oc3ccc(Cl)cc3)CC2)c2[nH]c(=S)[nH]c2n1. The molecule has 3 aromatic rings. The Morgan fingerprint density at radius 1 is 1.18 bits per heavy atom. The summed E-state index contributed by atoms with van der Waals surface area (Å²) in [5.41, 5.74) is 7.13. The minimum atomic E-state index is -0.670. The number of imidazole rings is 1. The second kappa shape index (κ2) is 7.74. The molecular formula is C17H18ClN7O2S. The van der Waals surface area contributed by atoms with Crippen molar-refractivity contribution in [3.63, 3.8) is 0 Å². The van der Waals surface area contributed by atoms with Gasteiger partial charge in [0.1, 0.15) is 11.3 Å². The lowest BCUT2D eigenvalue weighted by molar-refractivity contribution is -0.121. The van der Waals surface area contributed by atoms with Crippen LogP contribution < -0.4 is 15.4 Å². The van der Waals surface area contributed by atoms with Gasteiger partial charge in [0.2, 0.25) is 12.2 Å². The molecule has 4 rings (SSSR count). The third kappa shape index (κ3) is 3.79. The van der Waals surface area contributed by atoms with Crippen LogP contribution in [0.3, 0.4) is 0 Å². The second-order valence-electron chi connectivity index (χ2n) is 6.33. The fraction of sp³-hybridized carbons (Fsp3) is 0.294. The Labute approximate surface area is 170 Å². The summed E-state index contributed by atoms with van der Waals surface area (Å²) in [6.07, 6.45) is 0.131. The van der Waals surface area contributed by atoms with Crippen LogP contribution in [-0.4, -0.2) is 63.5 Å². The number of anilines is 2. The summed E-state index contributed by atoms with van der Waals surface area (Å²) in [6.45, 7) is 2.53. The molecule has 3 heterocycles. The van der Waals surface area contributed by atoms with E-state index in [4.69, 9.17) is 34.3 Å². The minimum Gasteiger partial charge on any atom is -0.468 e. The Bertz CT molecular complexity index is 1040. The van der Waals surface area contributed by atoms with Crippen molar-refractivity contribution in [2.75, 3.05) is 36.8 Å². The number of aromatic amines is 2. The minimum absolute atomic E-state index is 0.173. The Balaban J connectivity index is 1.47. The zero-order chi connectivity index (χ0) is 19.7. The summed E-state index contributed by atoms with van der Waals surface area (Å²) >= 11 is 11.0. The Hall–Kier alpha value is -2.69. The highest BCUT2D eigenvalue weighted by molar-refractivity contribution is 7.71. The molecule has 0 aliphatic carbocycles. The van der Waals surface area contributed by atoms with Crippen molar-refractivity contribution in [2.24, 2.45) is 0 Å². The first-order valence-corrected chi connectivity index (χ1v) is 9.44. The highest BCUT2D eigenvalue weighted by Gasteiger charge is 2.27. The summed E-state index contributed by atoms with van der Waals surface area (Å²) < 4.78 is 6.27. The zero-order valence-corrected chi connectivity index (χ0v) is 16.3. The number of nitrogens with one attached hydrogen (secondary N) is 2. The molecule has 0 amide bonds. The van der Waals surface area contributed by atoms with Crippen molar-refractivity contribution in [2.45, 2.75) is 6.23 Å². The number of halogens is 1. The molecule has 0 saturated carbocycles. The van der Waals surface area contributed by atoms with E-state index in [9.17, 15) is 4.79 Å². The number of H-pyrrole nitrogens is 2. The molecule has 1 aliphatic heterocycles. The van der Waals surface area contributed by atoms with E-state index in [2.05, 4.69) is 24.8 Å². The fourth-order valence-corrected chi connectivity index (χ4v) is 3.51. The maximum atomic E-state index is 11.6. The van der Waals surface area contributed by atoms with Crippen molar-refractivity contribution in [1.29, 1.82) is 0 Å². The van der Waals surface area contributed by atoms with Gasteiger partial charge in [-0.15, -0.1) is 0 Å². The summed E-state index contributed by atoms with van der Waals surface area (Å²) in [5.74, 6) is 1.46. The van der Waals surface area contributed by atoms with Crippen LogP contribution in [0.2, 0.25) is 5.02 Å². The lowest BCUT2D eigenvalue weighted by Gasteiger charge is -2.37. The molecule has 0 bridgehead atoms. The van der Waals surface area contributed by atoms with Crippen LogP contribution in [0.15, 0.2) is 24.3 Å². The number of hydrogen-bond donors (Lipinski definition) is 3. The summed E-state index contributed by atoms with van der Waals surface area (Å²) in [7, 11) is 0. The molecular weight excluding hydrogens is 402 g/mol. The quantitative estimate of drug-likeness (QED) is 0.424. The van der Waals surface area contributed by atoms with Gasteiger partial charge in [0.25, 0.3) is 0 Å². The van der Waals surface area contributed by atoms with E-state index >= 15 is 0 Å². The molecule has 1 fully saturated rings. The first-order chi connectivity index (χ1) is 13.5. The number of rotatable bonds is 5. The molecule has 0 spiro atoms. The Kier molecular flexibility index (Phi) is 5.16. The average Bonchev–Trinajstić information content (AvgIpc) is 3.07. The number of ether oxygens (including phenoxy) is 1. The average molecular weight is 420 g/mol. The number of hydrogen-bond acceptors (Lipinski definition) is 8. The molecule has 1 aromatic carbocycles. The Morgan fingerprint density at radius 3 is 2.57 bits per heavy atom. The smallest absolute Gasteiger partial charge is 0.224 e. The van der Waals surface area contributed by atoms with Gasteiger partial charge in [-0.2, -0.15) is 9.97 Å². The molecule has 4 N–H and O–H groups in total. The number of nitrogens with two attached hydrogens (primary N) is 1. The molecule has 9 nitrogen and oxygen atoms in total. The van der Waals surface area contributed by atoms with Crippen molar-refractivity contribution >= 4 is 53.0 Å². The molecule has 1 aliphatic rings. The lowest BCUT2D eigenvalue weighted by atomic mass is 10.3. The van der Waals surface area contributed by atoms with Crippen molar-refractivity contribution < 1.29 is 9.53 Å². The zero-order valence-electron chi connectivity index (χ0n) is 14.8. The molecule has 0 radical (unpaired) electrons. The molecule has 11 heteroatoms. The highest BCUT2D eigenvalue weighted by atomic mass is 35.5. The van der Waals surface area contributed by atoms with E-state index in [0.29, 0.717) is 53.2 Å². The van der Waals surface area contributed by atoms with Crippen LogP contribution in [0, 0.1) is 4.77 Å². The fourth-order valence-electron chi connectivity index (χ4n) is 3.18. The molecule has 28 heavy (non-hydrogen) atoms. The van der Waals surface area contributed by atoms with Gasteiger partial charge in [0.15, 0.2) is 22.5 Å². The van der Waals surface area contributed by atoms with Gasteiger partial charge in [-0.1, -0.05) is 11.6 Å². The van der Waals surface area contributed by atoms with Gasteiger partial charge in [-0.3, -0.25) is 9.69 Å². The van der Waals surface area contributed by atoms with E-state index in [1.807, 2.05) is 4.90 Å². The maximum Gasteiger partial charge on any atom is 0.224 e. The summed E-state index contributed by atoms with van der Waals surface area (Å²) in [6, 6.07) is 6.93. The van der Waals surface area contributed by atoms with Gasteiger partial charge in [-0.05, 0) is 36.5 Å². The van der Waals surface area contributed by atoms with Crippen LogP contribution in [0.4, 0.5) is 11.8 Å². The number of carbonyl (C=O) groups excluding carboxylic acids is 1. The van der Waals surface area contributed by atoms with Crippen molar-refractivity contribution in [3.05, 3.63) is 34.1 Å². The topological polar surface area (TPSA) is 116 Å². The number of aromatic nitrogens is 4. The number of carbonyl (C=O) groups is 1. The second-order valence-corrected chi connectivity index (χ2v) is 7.17. The standard InChI is InChI=1S/C17H18ClN7O2S/c18-10-1-3-11(4-2-10)27-12(9-26)24-5-7-25(8-6-24)15-13-14(21-16(19)23-15)22-17(28)20-13/h1-4,9,12H,5-8H2,(H4,19,20,21,22,23,28). The van der Waals surface area contributed by atoms with Crippen LogP contribution >= 0.6 is 23.8 Å². The number of nitrogen functional groups attached to an aromatic ring is 1. The molecule has 2 aromatic heterocycles. The highest BCUT2D eigenvalue weighted by Crippen LogP contribution is 2.24. The summed E-state index contributed by atoms with van der Waals surface area (Å²) in [5, 5.41) is 0.614. The third-order valence-electron chi connectivity index (χ3n) is 4.54. The number of benzene rings is 1. The van der Waals surface area contributed by atoms with E-state index < -0.39 is 6.23 Å². The van der Waals surface area contributed by atoms with Crippen molar-refractivity contribution in [1.82, 2.24) is 24.8 Å². The number of nitrogens with zero attached hydrogens (tertiary/aromatic N) is 4. The van der Waals surface area contributed by atoms with E-state index in [0.717, 1.165) is 11.8 Å². The van der Waals surface area contributed by atoms with Gasteiger partial charge >= 0.3 is 0 Å². The molecule has 146 valence electrons. The molecule has 1 atom stereocenters. The first-order valence-electron chi connectivity index (χ1n) is 8.65. The predicted octanol–water partition coefficient (Wildman–Crippen LogP) is 1.98.